The number of anilines is 1. The zero-order valence-electron chi connectivity index (χ0n) is 5.77. The van der Waals surface area contributed by atoms with Crippen molar-refractivity contribution in [3.8, 4) is 0 Å². The summed E-state index contributed by atoms with van der Waals surface area (Å²) in [7, 11) is 0. The molecule has 7 nitrogen and oxygen atoms in total. The van der Waals surface area contributed by atoms with Gasteiger partial charge in [0.1, 0.15) is 6.10 Å². The average Bonchev–Trinajstić information content (AvgIpc) is 2.39. The van der Waals surface area contributed by atoms with E-state index >= 15 is 0 Å². The third-order valence-electron chi connectivity index (χ3n) is 0.960. The zero-order chi connectivity index (χ0) is 8.27. The van der Waals surface area contributed by atoms with Crippen LogP contribution < -0.4 is 5.32 Å². The highest BCUT2D eigenvalue weighted by Crippen LogP contribution is 1.91. The monoisotopic (exact) mass is 157 g/mol. The van der Waals surface area contributed by atoms with E-state index in [1.165, 1.54) is 6.92 Å². The molecule has 0 aliphatic carbocycles. The minimum atomic E-state index is -1.08. The van der Waals surface area contributed by atoms with Crippen molar-refractivity contribution in [2.24, 2.45) is 0 Å². The van der Waals surface area contributed by atoms with Crippen LogP contribution in [0.1, 0.15) is 6.92 Å². The van der Waals surface area contributed by atoms with Gasteiger partial charge in [0, 0.05) is 0 Å². The van der Waals surface area contributed by atoms with Gasteiger partial charge >= 0.3 is 0 Å². The molecule has 11 heavy (non-hydrogen) atoms. The average molecular weight is 157 g/mol. The summed E-state index contributed by atoms with van der Waals surface area (Å²) in [5, 5.41) is 23.2. The summed E-state index contributed by atoms with van der Waals surface area (Å²) in [6, 6.07) is 0. The van der Waals surface area contributed by atoms with Gasteiger partial charge in [0.25, 0.3) is 11.9 Å². The normalized spacial score (nSPS) is 12.5. The van der Waals surface area contributed by atoms with E-state index in [0.717, 1.165) is 0 Å². The predicted octanol–water partition coefficient (Wildman–Crippen LogP) is -1.48. The second-order valence-electron chi connectivity index (χ2n) is 1.90. The number of tetrazole rings is 1. The molecule has 0 spiro atoms. The Bertz CT molecular complexity index is 231. The van der Waals surface area contributed by atoms with E-state index in [-0.39, 0.29) is 5.95 Å². The highest BCUT2D eigenvalue weighted by molar-refractivity contribution is 5.91. The number of carbonyl (C=O) groups excluding carboxylic acids is 1. The molecular weight excluding hydrogens is 150 g/mol. The molecule has 0 bridgehead atoms. The van der Waals surface area contributed by atoms with Crippen molar-refractivity contribution in [2.45, 2.75) is 13.0 Å². The Labute approximate surface area is 61.8 Å². The number of aliphatic hydroxyl groups is 1. The van der Waals surface area contributed by atoms with Crippen molar-refractivity contribution in [3.63, 3.8) is 0 Å². The summed E-state index contributed by atoms with van der Waals surface area (Å²) in [5.74, 6) is -0.512. The fourth-order valence-electron chi connectivity index (χ4n) is 0.429. The zero-order valence-corrected chi connectivity index (χ0v) is 5.77. The van der Waals surface area contributed by atoms with Crippen LogP contribution in [-0.2, 0) is 4.79 Å². The standard InChI is InChI=1S/C4H7N5O2/c1-2(10)3(11)5-4-6-8-9-7-4/h2,10H,1H3,(H2,5,6,7,8,9,11). The van der Waals surface area contributed by atoms with Gasteiger partial charge < -0.3 is 5.11 Å². The molecule has 1 amide bonds. The molecule has 1 heterocycles. The Morgan fingerprint density at radius 3 is 3.00 bits per heavy atom. The summed E-state index contributed by atoms with van der Waals surface area (Å²) >= 11 is 0. The van der Waals surface area contributed by atoms with Crippen molar-refractivity contribution < 1.29 is 9.90 Å². The minimum absolute atomic E-state index is 0.0518. The third-order valence-corrected chi connectivity index (χ3v) is 0.960. The van der Waals surface area contributed by atoms with Gasteiger partial charge in [-0.15, -0.1) is 5.10 Å². The Morgan fingerprint density at radius 2 is 2.55 bits per heavy atom. The number of H-pyrrole nitrogens is 1. The number of rotatable bonds is 2. The maximum absolute atomic E-state index is 10.7. The largest absolute Gasteiger partial charge is 0.384 e. The molecule has 0 aromatic carbocycles. The van der Waals surface area contributed by atoms with Crippen molar-refractivity contribution >= 4 is 11.9 Å². The highest BCUT2D eigenvalue weighted by atomic mass is 16.3. The number of aromatic amines is 1. The second-order valence-corrected chi connectivity index (χ2v) is 1.90. The van der Waals surface area contributed by atoms with E-state index in [2.05, 4.69) is 25.9 Å². The first-order chi connectivity index (χ1) is 5.20. The number of carbonyl (C=O) groups is 1. The number of hydrogen-bond donors (Lipinski definition) is 3. The van der Waals surface area contributed by atoms with Crippen LogP contribution in [0.15, 0.2) is 0 Å². The fraction of sp³-hybridized carbons (Fsp3) is 0.500. The van der Waals surface area contributed by atoms with E-state index in [9.17, 15) is 4.79 Å². The molecule has 1 aromatic heterocycles. The molecule has 0 fully saturated rings. The predicted molar refractivity (Wildman–Crippen MR) is 34.5 cm³/mol. The number of aliphatic hydroxyl groups excluding tert-OH is 1. The number of nitrogens with one attached hydrogen (secondary N) is 2. The molecule has 3 N–H and O–H groups in total. The van der Waals surface area contributed by atoms with Crippen LogP contribution in [0.5, 0.6) is 0 Å². The molecule has 60 valence electrons. The van der Waals surface area contributed by atoms with Gasteiger partial charge in [-0.05, 0) is 12.1 Å². The molecule has 0 radical (unpaired) electrons. The maximum Gasteiger partial charge on any atom is 0.269 e. The first kappa shape index (κ1) is 7.61. The summed E-state index contributed by atoms with van der Waals surface area (Å²) in [5.41, 5.74) is 0. The lowest BCUT2D eigenvalue weighted by molar-refractivity contribution is -0.123. The topological polar surface area (TPSA) is 104 Å². The number of hydrogen-bond acceptors (Lipinski definition) is 5. The summed E-state index contributed by atoms with van der Waals surface area (Å²) in [6.07, 6.45) is -1.08. The number of nitrogens with zero attached hydrogens (tertiary/aromatic N) is 3. The molecule has 0 saturated carbocycles. The van der Waals surface area contributed by atoms with Crippen molar-refractivity contribution in [2.75, 3.05) is 5.32 Å². The smallest absolute Gasteiger partial charge is 0.269 e. The van der Waals surface area contributed by atoms with E-state index in [1.807, 2.05) is 0 Å². The lowest BCUT2D eigenvalue weighted by atomic mass is 10.4. The fourth-order valence-corrected chi connectivity index (χ4v) is 0.429. The Hall–Kier alpha value is -1.50. The Balaban J connectivity index is 2.50. The van der Waals surface area contributed by atoms with Gasteiger partial charge in [0.05, 0.1) is 0 Å². The quantitative estimate of drug-likeness (QED) is 0.485. The summed E-state index contributed by atoms with van der Waals surface area (Å²) in [4.78, 5) is 10.7. The van der Waals surface area contributed by atoms with Crippen molar-refractivity contribution in [1.29, 1.82) is 0 Å². The van der Waals surface area contributed by atoms with Gasteiger partial charge in [0.15, 0.2) is 0 Å². The second kappa shape index (κ2) is 3.06. The lowest BCUT2D eigenvalue weighted by Crippen LogP contribution is -2.25. The highest BCUT2D eigenvalue weighted by Gasteiger charge is 2.10. The van der Waals surface area contributed by atoms with E-state index in [0.29, 0.717) is 0 Å². The van der Waals surface area contributed by atoms with Crippen LogP contribution in [0.2, 0.25) is 0 Å². The molecule has 7 heteroatoms. The lowest BCUT2D eigenvalue weighted by Gasteiger charge is -2.00. The van der Waals surface area contributed by atoms with E-state index in [4.69, 9.17) is 5.11 Å². The van der Waals surface area contributed by atoms with Gasteiger partial charge in [0.2, 0.25) is 0 Å². The maximum atomic E-state index is 10.7. The van der Waals surface area contributed by atoms with Crippen LogP contribution in [0.3, 0.4) is 0 Å². The molecule has 1 rings (SSSR count). The molecule has 0 aliphatic heterocycles. The van der Waals surface area contributed by atoms with Gasteiger partial charge in [-0.3, -0.25) is 10.1 Å². The van der Waals surface area contributed by atoms with Gasteiger partial charge in [-0.2, -0.15) is 5.21 Å². The summed E-state index contributed by atoms with van der Waals surface area (Å²) < 4.78 is 0. The summed E-state index contributed by atoms with van der Waals surface area (Å²) in [6.45, 7) is 1.34. The third kappa shape index (κ3) is 1.97. The molecule has 0 aliphatic rings. The molecule has 1 atom stereocenters. The van der Waals surface area contributed by atoms with Crippen LogP contribution in [-0.4, -0.2) is 37.7 Å². The minimum Gasteiger partial charge on any atom is -0.384 e. The first-order valence-corrected chi connectivity index (χ1v) is 2.92. The molecule has 1 unspecified atom stereocenters. The van der Waals surface area contributed by atoms with E-state index in [1.54, 1.807) is 0 Å². The molecule has 0 saturated heterocycles. The van der Waals surface area contributed by atoms with Gasteiger partial charge in [-0.1, -0.05) is 5.10 Å². The number of amides is 1. The van der Waals surface area contributed by atoms with Gasteiger partial charge in [-0.25, -0.2) is 0 Å². The van der Waals surface area contributed by atoms with Crippen LogP contribution >= 0.6 is 0 Å². The SMILES string of the molecule is CC(O)C(=O)Nc1nn[nH]n1. The van der Waals surface area contributed by atoms with Crippen LogP contribution in [0, 0.1) is 0 Å². The number of aromatic nitrogens is 4. The molecule has 1 aromatic rings. The van der Waals surface area contributed by atoms with Crippen LogP contribution in [0.4, 0.5) is 5.95 Å². The van der Waals surface area contributed by atoms with Crippen LogP contribution in [0.25, 0.3) is 0 Å². The van der Waals surface area contributed by atoms with E-state index < -0.39 is 12.0 Å². The van der Waals surface area contributed by atoms with Crippen molar-refractivity contribution in [3.05, 3.63) is 0 Å². The Morgan fingerprint density at radius 1 is 1.82 bits per heavy atom. The molecular formula is C4H7N5O2. The van der Waals surface area contributed by atoms with Crippen molar-refractivity contribution in [1.82, 2.24) is 20.6 Å². The Kier molecular flexibility index (Phi) is 2.12. The first-order valence-electron chi connectivity index (χ1n) is 2.92.